The third kappa shape index (κ3) is 1.69. The van der Waals surface area contributed by atoms with Crippen molar-refractivity contribution in [3.63, 3.8) is 0 Å². The lowest BCUT2D eigenvalue weighted by Crippen LogP contribution is -2.42. The van der Waals surface area contributed by atoms with Crippen LogP contribution in [0.3, 0.4) is 0 Å². The summed E-state index contributed by atoms with van der Waals surface area (Å²) in [5, 5.41) is 12.2. The van der Waals surface area contributed by atoms with Gasteiger partial charge in [0.05, 0.1) is 11.7 Å². The van der Waals surface area contributed by atoms with Gasteiger partial charge >= 0.3 is 11.8 Å². The Morgan fingerprint density at radius 1 is 1.61 bits per heavy atom. The van der Waals surface area contributed by atoms with Gasteiger partial charge in [-0.1, -0.05) is 0 Å². The predicted octanol–water partition coefficient (Wildman–Crippen LogP) is 1.50. The summed E-state index contributed by atoms with van der Waals surface area (Å²) in [5.74, 6) is 0.555. The molecule has 3 rings (SSSR count). The summed E-state index contributed by atoms with van der Waals surface area (Å²) < 4.78 is 7.58. The second kappa shape index (κ2) is 4.13. The fraction of sp³-hybridized carbons (Fsp3) is 0.500. The third-order valence-electron chi connectivity index (χ3n) is 3.53. The molecule has 1 saturated heterocycles. The van der Waals surface area contributed by atoms with E-state index in [1.165, 1.54) is 0 Å². The number of rotatable bonds is 2. The molecule has 1 aliphatic rings. The van der Waals surface area contributed by atoms with Crippen LogP contribution in [-0.2, 0) is 4.79 Å². The maximum atomic E-state index is 11.0. The molecule has 96 valence electrons. The molecule has 1 aliphatic heterocycles. The summed E-state index contributed by atoms with van der Waals surface area (Å²) in [7, 11) is 0. The normalized spacial score (nSPS) is 24.5. The summed E-state index contributed by atoms with van der Waals surface area (Å²) in [6.45, 7) is 1.96. The molecule has 0 aromatic carbocycles. The van der Waals surface area contributed by atoms with Gasteiger partial charge in [-0.05, 0) is 26.2 Å². The molecule has 0 spiro atoms. The van der Waals surface area contributed by atoms with Gasteiger partial charge in [-0.25, -0.2) is 4.98 Å². The van der Waals surface area contributed by atoms with Gasteiger partial charge in [0.15, 0.2) is 0 Å². The van der Waals surface area contributed by atoms with Gasteiger partial charge in [-0.2, -0.15) is 0 Å². The number of carboxylic acid groups (broad SMARTS) is 1. The molecular weight excluding hydrogens is 234 g/mol. The average Bonchev–Trinajstić information content (AvgIpc) is 2.93. The van der Waals surface area contributed by atoms with Crippen molar-refractivity contribution in [1.82, 2.24) is 14.7 Å². The standard InChI is InChI=1S/C12H15N3O3/c1-7-10(18-12-13-5-6-15(7)12)8-3-2-4-9(14-8)11(16)17/h5-6,8-9,14H,2-4H2,1H3,(H,16,17). The van der Waals surface area contributed by atoms with Crippen LogP contribution in [0.15, 0.2) is 16.8 Å². The molecule has 2 aromatic rings. The first kappa shape index (κ1) is 11.3. The Balaban J connectivity index is 1.91. The largest absolute Gasteiger partial charge is 0.480 e. The van der Waals surface area contributed by atoms with E-state index in [0.717, 1.165) is 24.3 Å². The topological polar surface area (TPSA) is 79.8 Å². The number of piperidine rings is 1. The Bertz CT molecular complexity index is 586. The number of hydrogen-bond acceptors (Lipinski definition) is 4. The summed E-state index contributed by atoms with van der Waals surface area (Å²) in [6.07, 6.45) is 5.97. The van der Waals surface area contributed by atoms with Crippen molar-refractivity contribution < 1.29 is 14.3 Å². The third-order valence-corrected chi connectivity index (χ3v) is 3.53. The molecule has 0 bridgehead atoms. The maximum absolute atomic E-state index is 11.0. The number of oxazole rings is 1. The number of aromatic nitrogens is 2. The van der Waals surface area contributed by atoms with Crippen LogP contribution in [0.4, 0.5) is 0 Å². The first-order valence-electron chi connectivity index (χ1n) is 6.08. The molecule has 0 radical (unpaired) electrons. The highest BCUT2D eigenvalue weighted by Gasteiger charge is 2.30. The van der Waals surface area contributed by atoms with Crippen LogP contribution in [0.1, 0.15) is 36.8 Å². The molecule has 0 amide bonds. The molecule has 2 N–H and O–H groups in total. The minimum atomic E-state index is -0.798. The number of hydrogen-bond donors (Lipinski definition) is 2. The molecule has 6 heteroatoms. The predicted molar refractivity (Wildman–Crippen MR) is 63.3 cm³/mol. The lowest BCUT2D eigenvalue weighted by Gasteiger charge is -2.27. The van der Waals surface area contributed by atoms with Crippen molar-refractivity contribution >= 4 is 11.8 Å². The second-order valence-corrected chi connectivity index (χ2v) is 4.67. The first-order chi connectivity index (χ1) is 8.66. The van der Waals surface area contributed by atoms with Crippen molar-refractivity contribution in [2.24, 2.45) is 0 Å². The van der Waals surface area contributed by atoms with Gasteiger partial charge in [-0.15, -0.1) is 0 Å². The van der Waals surface area contributed by atoms with Crippen molar-refractivity contribution in [2.75, 3.05) is 0 Å². The molecule has 1 fully saturated rings. The highest BCUT2D eigenvalue weighted by molar-refractivity contribution is 5.73. The Labute approximate surface area is 104 Å². The summed E-state index contributed by atoms with van der Waals surface area (Å²) >= 11 is 0. The Morgan fingerprint density at radius 3 is 3.17 bits per heavy atom. The van der Waals surface area contributed by atoms with Gasteiger partial charge in [-0.3, -0.25) is 14.5 Å². The quantitative estimate of drug-likeness (QED) is 0.843. The highest BCUT2D eigenvalue weighted by Crippen LogP contribution is 2.29. The van der Waals surface area contributed by atoms with E-state index in [4.69, 9.17) is 9.52 Å². The van der Waals surface area contributed by atoms with E-state index in [2.05, 4.69) is 10.3 Å². The second-order valence-electron chi connectivity index (χ2n) is 4.67. The fourth-order valence-corrected chi connectivity index (χ4v) is 2.57. The van der Waals surface area contributed by atoms with Crippen molar-refractivity contribution in [1.29, 1.82) is 0 Å². The minimum absolute atomic E-state index is 0.0402. The van der Waals surface area contributed by atoms with Crippen LogP contribution < -0.4 is 5.32 Å². The van der Waals surface area contributed by atoms with E-state index in [1.807, 2.05) is 17.5 Å². The molecule has 6 nitrogen and oxygen atoms in total. The van der Waals surface area contributed by atoms with E-state index in [9.17, 15) is 4.79 Å². The van der Waals surface area contributed by atoms with Crippen LogP contribution in [0.25, 0.3) is 5.84 Å². The number of aliphatic carboxylic acids is 1. The van der Waals surface area contributed by atoms with Crippen molar-refractivity contribution in [2.45, 2.75) is 38.3 Å². The monoisotopic (exact) mass is 249 g/mol. The molecule has 0 aliphatic carbocycles. The van der Waals surface area contributed by atoms with Gasteiger partial charge in [0.2, 0.25) is 0 Å². The van der Waals surface area contributed by atoms with Gasteiger partial charge < -0.3 is 9.52 Å². The molecule has 2 aromatic heterocycles. The number of nitrogens with zero attached hydrogens (tertiary/aromatic N) is 2. The number of carboxylic acids is 1. The number of aryl methyl sites for hydroxylation is 1. The molecule has 3 heterocycles. The number of imidazole rings is 1. The SMILES string of the molecule is Cc1c(C2CCCC(C(=O)O)N2)oc2nccn12. The number of carbonyl (C=O) groups is 1. The Morgan fingerprint density at radius 2 is 2.44 bits per heavy atom. The first-order valence-corrected chi connectivity index (χ1v) is 6.08. The smallest absolute Gasteiger partial charge is 0.320 e. The number of fused-ring (bicyclic) bond motifs is 1. The van der Waals surface area contributed by atoms with E-state index in [0.29, 0.717) is 12.3 Å². The van der Waals surface area contributed by atoms with E-state index >= 15 is 0 Å². The van der Waals surface area contributed by atoms with Crippen LogP contribution in [0, 0.1) is 6.92 Å². The molecule has 18 heavy (non-hydrogen) atoms. The van der Waals surface area contributed by atoms with Crippen LogP contribution in [0.2, 0.25) is 0 Å². The summed E-state index contributed by atoms with van der Waals surface area (Å²) in [4.78, 5) is 15.1. The molecule has 2 atom stereocenters. The maximum Gasteiger partial charge on any atom is 0.320 e. The van der Waals surface area contributed by atoms with E-state index in [1.54, 1.807) is 6.20 Å². The van der Waals surface area contributed by atoms with Crippen LogP contribution >= 0.6 is 0 Å². The molecular formula is C12H15N3O3. The van der Waals surface area contributed by atoms with Gasteiger partial charge in [0.1, 0.15) is 11.8 Å². The van der Waals surface area contributed by atoms with Gasteiger partial charge in [0, 0.05) is 12.4 Å². The highest BCUT2D eigenvalue weighted by atomic mass is 16.4. The summed E-state index contributed by atoms with van der Waals surface area (Å²) in [5.41, 5.74) is 0.978. The lowest BCUT2D eigenvalue weighted by molar-refractivity contribution is -0.140. The summed E-state index contributed by atoms with van der Waals surface area (Å²) in [6, 6.07) is -0.526. The van der Waals surface area contributed by atoms with Crippen LogP contribution in [0.5, 0.6) is 0 Å². The average molecular weight is 249 g/mol. The van der Waals surface area contributed by atoms with Gasteiger partial charge in [0.25, 0.3) is 0 Å². The Hall–Kier alpha value is -1.82. The zero-order valence-electron chi connectivity index (χ0n) is 10.1. The fourth-order valence-electron chi connectivity index (χ4n) is 2.57. The van der Waals surface area contributed by atoms with Crippen LogP contribution in [-0.4, -0.2) is 26.5 Å². The zero-order valence-corrected chi connectivity index (χ0v) is 10.1. The lowest BCUT2D eigenvalue weighted by atomic mass is 9.96. The van der Waals surface area contributed by atoms with Crippen molar-refractivity contribution in [3.8, 4) is 0 Å². The van der Waals surface area contributed by atoms with E-state index < -0.39 is 12.0 Å². The Kier molecular flexibility index (Phi) is 2.59. The van der Waals surface area contributed by atoms with Crippen molar-refractivity contribution in [3.05, 3.63) is 23.8 Å². The number of nitrogens with one attached hydrogen (secondary N) is 1. The molecule has 2 unspecified atom stereocenters. The zero-order chi connectivity index (χ0) is 12.7. The minimum Gasteiger partial charge on any atom is -0.480 e. The van der Waals surface area contributed by atoms with E-state index in [-0.39, 0.29) is 6.04 Å². The molecule has 0 saturated carbocycles.